The van der Waals surface area contributed by atoms with E-state index in [0.29, 0.717) is 37.3 Å². The molecule has 6 nitrogen and oxygen atoms in total. The van der Waals surface area contributed by atoms with Gasteiger partial charge in [0, 0.05) is 76.6 Å². The van der Waals surface area contributed by atoms with Crippen molar-refractivity contribution in [1.29, 1.82) is 0 Å². The van der Waals surface area contributed by atoms with Crippen LogP contribution in [-0.2, 0) is 13.1 Å². The second-order valence-corrected chi connectivity index (χ2v) is 11.2. The van der Waals surface area contributed by atoms with Crippen LogP contribution in [0.4, 0.5) is 0 Å². The molecule has 42 heavy (non-hydrogen) atoms. The van der Waals surface area contributed by atoms with E-state index in [-0.39, 0.29) is 11.8 Å². The molecular formula is C36H38N4O2. The maximum atomic E-state index is 13.8. The van der Waals surface area contributed by atoms with Crippen molar-refractivity contribution in [3.05, 3.63) is 131 Å². The van der Waals surface area contributed by atoms with Gasteiger partial charge in [0.05, 0.1) is 0 Å². The molecule has 2 aliphatic rings. The fraction of sp³-hybridized carbons (Fsp3) is 0.278. The highest BCUT2D eigenvalue weighted by Crippen LogP contribution is 2.30. The number of rotatable bonds is 7. The number of amides is 2. The lowest BCUT2D eigenvalue weighted by atomic mass is 9.94. The largest absolute Gasteiger partial charge is 0.336 e. The fourth-order valence-electron chi connectivity index (χ4n) is 6.05. The number of benzene rings is 4. The van der Waals surface area contributed by atoms with Crippen molar-refractivity contribution < 1.29 is 9.59 Å². The molecule has 6 heteroatoms. The predicted octanol–water partition coefficient (Wildman–Crippen LogP) is 5.27. The van der Waals surface area contributed by atoms with Crippen LogP contribution in [0.3, 0.4) is 0 Å². The van der Waals surface area contributed by atoms with Gasteiger partial charge in [-0.3, -0.25) is 19.4 Å². The zero-order valence-electron chi connectivity index (χ0n) is 24.1. The van der Waals surface area contributed by atoms with Crippen molar-refractivity contribution in [2.75, 3.05) is 52.4 Å². The van der Waals surface area contributed by atoms with Gasteiger partial charge in [0.15, 0.2) is 0 Å². The Morgan fingerprint density at radius 1 is 0.429 bits per heavy atom. The van der Waals surface area contributed by atoms with Crippen molar-refractivity contribution in [3.8, 4) is 11.1 Å². The van der Waals surface area contributed by atoms with Crippen LogP contribution >= 0.6 is 0 Å². The van der Waals surface area contributed by atoms with Crippen molar-refractivity contribution in [2.45, 2.75) is 13.1 Å². The van der Waals surface area contributed by atoms with Crippen molar-refractivity contribution in [1.82, 2.24) is 19.6 Å². The third-order valence-corrected chi connectivity index (χ3v) is 8.42. The van der Waals surface area contributed by atoms with Gasteiger partial charge in [-0.15, -0.1) is 0 Å². The summed E-state index contributed by atoms with van der Waals surface area (Å²) >= 11 is 0. The predicted molar refractivity (Wildman–Crippen MR) is 167 cm³/mol. The number of hydrogen-bond acceptors (Lipinski definition) is 4. The Morgan fingerprint density at radius 3 is 1.14 bits per heavy atom. The first-order chi connectivity index (χ1) is 20.7. The number of carbonyl (C=O) groups excluding carboxylic acids is 2. The Bertz CT molecular complexity index is 1380. The second kappa shape index (κ2) is 13.1. The summed E-state index contributed by atoms with van der Waals surface area (Å²) in [5.41, 5.74) is 5.54. The minimum absolute atomic E-state index is 0.0294. The monoisotopic (exact) mass is 558 g/mol. The van der Waals surface area contributed by atoms with E-state index in [1.807, 2.05) is 70.5 Å². The topological polar surface area (TPSA) is 47.1 Å². The third-order valence-electron chi connectivity index (χ3n) is 8.42. The van der Waals surface area contributed by atoms with Crippen LogP contribution < -0.4 is 0 Å². The summed E-state index contributed by atoms with van der Waals surface area (Å²) in [5.74, 6) is 0.0588. The van der Waals surface area contributed by atoms with Gasteiger partial charge in [-0.05, 0) is 34.4 Å². The van der Waals surface area contributed by atoms with Crippen LogP contribution in [0.25, 0.3) is 11.1 Å². The maximum Gasteiger partial charge on any atom is 0.254 e. The SMILES string of the molecule is O=C(c1ccccc1-c1ccccc1C(=O)N1CCN(Cc2ccccc2)CC1)N1CCN(Cc2ccccc2)CC1. The molecule has 2 fully saturated rings. The van der Waals surface area contributed by atoms with Crippen molar-refractivity contribution >= 4 is 11.8 Å². The lowest BCUT2D eigenvalue weighted by Crippen LogP contribution is -2.48. The van der Waals surface area contributed by atoms with E-state index in [2.05, 4.69) is 58.3 Å². The molecule has 0 spiro atoms. The molecule has 0 bridgehead atoms. The molecule has 0 aromatic heterocycles. The van der Waals surface area contributed by atoms with E-state index in [4.69, 9.17) is 0 Å². The molecule has 0 saturated carbocycles. The van der Waals surface area contributed by atoms with Crippen molar-refractivity contribution in [2.24, 2.45) is 0 Å². The molecule has 2 heterocycles. The molecular weight excluding hydrogens is 520 g/mol. The molecule has 4 aromatic carbocycles. The summed E-state index contributed by atoms with van der Waals surface area (Å²) in [6.07, 6.45) is 0. The molecule has 6 rings (SSSR count). The van der Waals surface area contributed by atoms with Crippen LogP contribution in [0.1, 0.15) is 31.8 Å². The molecule has 0 atom stereocenters. The molecule has 0 unspecified atom stereocenters. The van der Waals surface area contributed by atoms with Crippen LogP contribution in [0.15, 0.2) is 109 Å². The first-order valence-corrected chi connectivity index (χ1v) is 15.0. The van der Waals surface area contributed by atoms with Gasteiger partial charge in [0.1, 0.15) is 0 Å². The Hall–Kier alpha value is -4.26. The lowest BCUT2D eigenvalue weighted by Gasteiger charge is -2.35. The Kier molecular flexibility index (Phi) is 8.73. The summed E-state index contributed by atoms with van der Waals surface area (Å²) in [5, 5.41) is 0. The third kappa shape index (κ3) is 6.46. The van der Waals surface area contributed by atoms with Gasteiger partial charge < -0.3 is 9.80 Å². The molecule has 0 aliphatic carbocycles. The lowest BCUT2D eigenvalue weighted by molar-refractivity contribution is 0.0620. The number of carbonyl (C=O) groups is 2. The average Bonchev–Trinajstić information content (AvgIpc) is 3.06. The van der Waals surface area contributed by atoms with Gasteiger partial charge in [-0.1, -0.05) is 97.1 Å². The highest BCUT2D eigenvalue weighted by atomic mass is 16.2. The van der Waals surface area contributed by atoms with E-state index in [1.165, 1.54) is 11.1 Å². The van der Waals surface area contributed by atoms with Gasteiger partial charge in [0.25, 0.3) is 11.8 Å². The normalized spacial score (nSPS) is 16.4. The number of hydrogen-bond donors (Lipinski definition) is 0. The van der Waals surface area contributed by atoms with Gasteiger partial charge in [-0.2, -0.15) is 0 Å². The minimum Gasteiger partial charge on any atom is -0.336 e. The zero-order chi connectivity index (χ0) is 28.7. The highest BCUT2D eigenvalue weighted by molar-refractivity contribution is 6.06. The molecule has 2 amide bonds. The van der Waals surface area contributed by atoms with E-state index in [1.54, 1.807) is 0 Å². The maximum absolute atomic E-state index is 13.8. The average molecular weight is 559 g/mol. The standard InChI is InChI=1S/C36H38N4O2/c41-35(39-23-19-37(20-24-39)27-29-11-3-1-4-12-29)33-17-9-7-15-31(33)32-16-8-10-18-34(32)36(42)40-25-21-38(22-26-40)28-30-13-5-2-6-14-30/h1-18H,19-28H2. The van der Waals surface area contributed by atoms with E-state index >= 15 is 0 Å². The summed E-state index contributed by atoms with van der Waals surface area (Å²) < 4.78 is 0. The highest BCUT2D eigenvalue weighted by Gasteiger charge is 2.27. The van der Waals surface area contributed by atoms with Crippen LogP contribution in [0.2, 0.25) is 0 Å². The Morgan fingerprint density at radius 2 is 0.762 bits per heavy atom. The molecule has 2 saturated heterocycles. The van der Waals surface area contributed by atoms with Gasteiger partial charge in [-0.25, -0.2) is 0 Å². The summed E-state index contributed by atoms with van der Waals surface area (Å²) in [7, 11) is 0. The summed E-state index contributed by atoms with van der Waals surface area (Å²) in [4.78, 5) is 36.4. The van der Waals surface area contributed by atoms with Gasteiger partial charge in [0.2, 0.25) is 0 Å². The van der Waals surface area contributed by atoms with Crippen LogP contribution in [0.5, 0.6) is 0 Å². The fourth-order valence-corrected chi connectivity index (χ4v) is 6.05. The van der Waals surface area contributed by atoms with Gasteiger partial charge >= 0.3 is 0 Å². The smallest absolute Gasteiger partial charge is 0.254 e. The number of nitrogens with zero attached hydrogens (tertiary/aromatic N) is 4. The minimum atomic E-state index is 0.0294. The molecule has 4 aromatic rings. The second-order valence-electron chi connectivity index (χ2n) is 11.2. The summed E-state index contributed by atoms with van der Waals surface area (Å²) in [6.45, 7) is 7.92. The van der Waals surface area contributed by atoms with Crippen LogP contribution in [0, 0.1) is 0 Å². The molecule has 2 aliphatic heterocycles. The Balaban J connectivity index is 1.13. The van der Waals surface area contributed by atoms with E-state index in [9.17, 15) is 9.59 Å². The summed E-state index contributed by atoms with van der Waals surface area (Å²) in [6, 6.07) is 36.4. The van der Waals surface area contributed by atoms with E-state index in [0.717, 1.165) is 50.4 Å². The zero-order valence-corrected chi connectivity index (χ0v) is 24.1. The first-order valence-electron chi connectivity index (χ1n) is 15.0. The molecule has 214 valence electrons. The van der Waals surface area contributed by atoms with E-state index < -0.39 is 0 Å². The number of piperazine rings is 2. The quantitative estimate of drug-likeness (QED) is 0.310. The van der Waals surface area contributed by atoms with Crippen molar-refractivity contribution in [3.63, 3.8) is 0 Å². The van der Waals surface area contributed by atoms with Crippen LogP contribution in [-0.4, -0.2) is 83.8 Å². The molecule has 0 radical (unpaired) electrons. The Labute approximate surface area is 248 Å². The molecule has 0 N–H and O–H groups in total. The first kappa shape index (κ1) is 27.9.